The fourth-order valence-electron chi connectivity index (χ4n) is 3.48. The Labute approximate surface area is 162 Å². The van der Waals surface area contributed by atoms with Crippen LogP contribution in [-0.2, 0) is 11.8 Å². The zero-order valence-electron chi connectivity index (χ0n) is 17.0. The predicted octanol–water partition coefficient (Wildman–Crippen LogP) is 2.53. The average Bonchev–Trinajstić information content (AvgIpc) is 2.62. The van der Waals surface area contributed by atoms with Crippen molar-refractivity contribution in [2.24, 2.45) is 7.05 Å². The van der Waals surface area contributed by atoms with Crippen LogP contribution < -0.4 is 16.6 Å². The highest BCUT2D eigenvalue weighted by molar-refractivity contribution is 5.95. The molecule has 0 bridgehead atoms. The SMILES string of the molecule is Cc1cc(C)c2c(=O)n(C(C)C(=O)Nc3c(C)cccc3C)c(=O)n(C)c2n1. The van der Waals surface area contributed by atoms with Crippen LogP contribution in [-0.4, -0.2) is 20.0 Å². The van der Waals surface area contributed by atoms with Crippen LogP contribution in [0.4, 0.5) is 5.69 Å². The molecule has 0 aliphatic carbocycles. The van der Waals surface area contributed by atoms with Crippen LogP contribution in [0, 0.1) is 27.7 Å². The predicted molar refractivity (Wildman–Crippen MR) is 110 cm³/mol. The van der Waals surface area contributed by atoms with Gasteiger partial charge in [-0.3, -0.25) is 14.2 Å². The monoisotopic (exact) mass is 380 g/mol. The number of para-hydroxylation sites is 1. The Kier molecular flexibility index (Phi) is 4.93. The summed E-state index contributed by atoms with van der Waals surface area (Å²) in [6, 6.07) is 6.51. The van der Waals surface area contributed by atoms with Crippen LogP contribution in [0.1, 0.15) is 35.3 Å². The number of aromatic nitrogens is 3. The summed E-state index contributed by atoms with van der Waals surface area (Å²) in [6.07, 6.45) is 0. The largest absolute Gasteiger partial charge is 0.333 e. The van der Waals surface area contributed by atoms with Crippen molar-refractivity contribution in [3.8, 4) is 0 Å². The van der Waals surface area contributed by atoms with Gasteiger partial charge in [0, 0.05) is 18.4 Å². The molecule has 0 aliphatic rings. The molecule has 146 valence electrons. The van der Waals surface area contributed by atoms with Gasteiger partial charge in [0.25, 0.3) is 5.56 Å². The van der Waals surface area contributed by atoms with Crippen LogP contribution >= 0.6 is 0 Å². The number of hydrogen-bond acceptors (Lipinski definition) is 4. The Morgan fingerprint density at radius 3 is 2.29 bits per heavy atom. The first-order valence-electron chi connectivity index (χ1n) is 9.10. The maximum Gasteiger partial charge on any atom is 0.333 e. The third-order valence-electron chi connectivity index (χ3n) is 5.07. The van der Waals surface area contributed by atoms with Crippen molar-refractivity contribution >= 4 is 22.6 Å². The Hall–Kier alpha value is -3.22. The van der Waals surface area contributed by atoms with Gasteiger partial charge in [-0.05, 0) is 57.4 Å². The molecule has 2 heterocycles. The summed E-state index contributed by atoms with van der Waals surface area (Å²) < 4.78 is 2.31. The molecule has 0 saturated carbocycles. The minimum absolute atomic E-state index is 0.325. The Morgan fingerprint density at radius 2 is 1.68 bits per heavy atom. The highest BCUT2D eigenvalue weighted by Gasteiger charge is 2.23. The van der Waals surface area contributed by atoms with E-state index in [1.807, 2.05) is 39.0 Å². The van der Waals surface area contributed by atoms with Gasteiger partial charge >= 0.3 is 5.69 Å². The Balaban J connectivity index is 2.14. The molecule has 1 aromatic carbocycles. The first-order chi connectivity index (χ1) is 13.1. The van der Waals surface area contributed by atoms with E-state index >= 15 is 0 Å². The van der Waals surface area contributed by atoms with Crippen molar-refractivity contribution in [1.29, 1.82) is 0 Å². The lowest BCUT2D eigenvalue weighted by Crippen LogP contribution is -2.44. The standard InChI is InChI=1S/C21H24N4O3/c1-11-8-7-9-12(2)17(11)23-19(26)15(5)25-20(27)16-13(3)10-14(4)22-18(16)24(6)21(25)28/h7-10,15H,1-6H3,(H,23,26). The van der Waals surface area contributed by atoms with Crippen molar-refractivity contribution in [3.05, 3.63) is 67.5 Å². The van der Waals surface area contributed by atoms with Crippen LogP contribution in [0.25, 0.3) is 11.0 Å². The second-order valence-corrected chi connectivity index (χ2v) is 7.23. The number of nitrogens with zero attached hydrogens (tertiary/aromatic N) is 3. The van der Waals surface area contributed by atoms with Crippen molar-refractivity contribution < 1.29 is 4.79 Å². The lowest BCUT2D eigenvalue weighted by Gasteiger charge is -2.19. The van der Waals surface area contributed by atoms with Gasteiger partial charge in [0.15, 0.2) is 0 Å². The average molecular weight is 380 g/mol. The quantitative estimate of drug-likeness (QED) is 0.757. The maximum atomic E-state index is 13.1. The van der Waals surface area contributed by atoms with E-state index in [9.17, 15) is 14.4 Å². The highest BCUT2D eigenvalue weighted by atomic mass is 16.2. The van der Waals surface area contributed by atoms with Crippen LogP contribution in [0.15, 0.2) is 33.9 Å². The molecule has 3 aromatic rings. The molecule has 7 heteroatoms. The van der Waals surface area contributed by atoms with E-state index in [-0.39, 0.29) is 0 Å². The number of pyridine rings is 1. The molecule has 1 amide bonds. The molecule has 0 spiro atoms. The maximum absolute atomic E-state index is 13.1. The van der Waals surface area contributed by atoms with Gasteiger partial charge < -0.3 is 5.32 Å². The van der Waals surface area contributed by atoms with Gasteiger partial charge in [0.1, 0.15) is 11.7 Å². The van der Waals surface area contributed by atoms with E-state index in [1.165, 1.54) is 4.57 Å². The lowest BCUT2D eigenvalue weighted by atomic mass is 10.1. The molecule has 1 N–H and O–H groups in total. The van der Waals surface area contributed by atoms with Gasteiger partial charge in [-0.15, -0.1) is 0 Å². The second kappa shape index (κ2) is 7.07. The van der Waals surface area contributed by atoms with Crippen molar-refractivity contribution in [2.75, 3.05) is 5.32 Å². The summed E-state index contributed by atoms with van der Waals surface area (Å²) in [6.45, 7) is 8.95. The van der Waals surface area contributed by atoms with Crippen molar-refractivity contribution in [1.82, 2.24) is 14.1 Å². The molecule has 7 nitrogen and oxygen atoms in total. The Bertz CT molecular complexity index is 1200. The third kappa shape index (κ3) is 3.13. The number of nitrogens with one attached hydrogen (secondary N) is 1. The van der Waals surface area contributed by atoms with Gasteiger partial charge in [-0.2, -0.15) is 0 Å². The van der Waals surface area contributed by atoms with E-state index in [0.717, 1.165) is 27.0 Å². The lowest BCUT2D eigenvalue weighted by molar-refractivity contribution is -0.119. The highest BCUT2D eigenvalue weighted by Crippen LogP contribution is 2.21. The van der Waals surface area contributed by atoms with Crippen LogP contribution in [0.5, 0.6) is 0 Å². The molecule has 2 aromatic heterocycles. The molecular weight excluding hydrogens is 356 g/mol. The van der Waals surface area contributed by atoms with E-state index in [1.54, 1.807) is 27.0 Å². The van der Waals surface area contributed by atoms with E-state index in [0.29, 0.717) is 16.7 Å². The molecule has 1 unspecified atom stereocenters. The number of carbonyl (C=O) groups excluding carboxylic acids is 1. The summed E-state index contributed by atoms with van der Waals surface area (Å²) >= 11 is 0. The number of aryl methyl sites for hydroxylation is 5. The molecule has 0 radical (unpaired) electrons. The minimum Gasteiger partial charge on any atom is -0.324 e. The smallest absolute Gasteiger partial charge is 0.324 e. The van der Waals surface area contributed by atoms with Gasteiger partial charge in [0.05, 0.1) is 5.39 Å². The van der Waals surface area contributed by atoms with Crippen LogP contribution in [0.2, 0.25) is 0 Å². The number of hydrogen-bond donors (Lipinski definition) is 1. The molecule has 3 rings (SSSR count). The molecule has 1 atom stereocenters. The minimum atomic E-state index is -0.977. The van der Waals surface area contributed by atoms with Gasteiger partial charge in [-0.1, -0.05) is 18.2 Å². The first-order valence-corrected chi connectivity index (χ1v) is 9.10. The van der Waals surface area contributed by atoms with Gasteiger partial charge in [0.2, 0.25) is 5.91 Å². The first kappa shape index (κ1) is 19.5. The number of amides is 1. The summed E-state index contributed by atoms with van der Waals surface area (Å²) in [4.78, 5) is 43.2. The number of fused-ring (bicyclic) bond motifs is 1. The molecular formula is C21H24N4O3. The van der Waals surface area contributed by atoms with E-state index < -0.39 is 23.2 Å². The van der Waals surface area contributed by atoms with Crippen molar-refractivity contribution in [2.45, 2.75) is 40.7 Å². The summed E-state index contributed by atoms with van der Waals surface area (Å²) in [5, 5.41) is 3.21. The number of benzene rings is 1. The molecule has 0 aliphatic heterocycles. The number of rotatable bonds is 3. The summed E-state index contributed by atoms with van der Waals surface area (Å²) in [5.41, 5.74) is 3.21. The molecule has 0 fully saturated rings. The number of carbonyl (C=O) groups is 1. The van der Waals surface area contributed by atoms with E-state index in [2.05, 4.69) is 10.3 Å². The van der Waals surface area contributed by atoms with Crippen LogP contribution in [0.3, 0.4) is 0 Å². The Morgan fingerprint density at radius 1 is 1.07 bits per heavy atom. The fourth-order valence-corrected chi connectivity index (χ4v) is 3.48. The topological polar surface area (TPSA) is 86.0 Å². The number of anilines is 1. The second-order valence-electron chi connectivity index (χ2n) is 7.23. The summed E-state index contributed by atoms with van der Waals surface area (Å²) in [7, 11) is 1.56. The zero-order chi connectivity index (χ0) is 20.7. The zero-order valence-corrected chi connectivity index (χ0v) is 17.0. The fraction of sp³-hybridized carbons (Fsp3) is 0.333. The van der Waals surface area contributed by atoms with Crippen molar-refractivity contribution in [3.63, 3.8) is 0 Å². The van der Waals surface area contributed by atoms with E-state index in [4.69, 9.17) is 0 Å². The third-order valence-corrected chi connectivity index (χ3v) is 5.07. The molecule has 0 saturated heterocycles. The normalized spacial score (nSPS) is 12.2. The summed E-state index contributed by atoms with van der Waals surface area (Å²) in [5.74, 6) is -0.423. The van der Waals surface area contributed by atoms with Gasteiger partial charge in [-0.25, -0.2) is 14.3 Å². The molecule has 28 heavy (non-hydrogen) atoms.